The smallest absolute Gasteiger partial charge is 0.390 e. The number of nitro groups is 2. The van der Waals surface area contributed by atoms with Crippen molar-refractivity contribution in [1.82, 2.24) is 19.1 Å². The van der Waals surface area contributed by atoms with E-state index in [4.69, 9.17) is 46.4 Å². The Morgan fingerprint density at radius 2 is 1.04 bits per heavy atom. The average molecular weight is 859 g/mol. The lowest BCUT2D eigenvalue weighted by Gasteiger charge is -2.24. The van der Waals surface area contributed by atoms with Gasteiger partial charge in [0.05, 0.1) is 5.69 Å². The molecule has 0 spiro atoms. The summed E-state index contributed by atoms with van der Waals surface area (Å²) in [5.74, 6) is -0.512. The maximum atomic E-state index is 12.6. The number of alkyl halides is 4. The van der Waals surface area contributed by atoms with Gasteiger partial charge in [0, 0.05) is 73.8 Å². The summed E-state index contributed by atoms with van der Waals surface area (Å²) in [6, 6.07) is 13.6. The molecule has 1 N–H and O–H groups in total. The standard InChI is InChI=1S/C15H19Cl2N5O4S.C14H17Cl2N5O4S/c1-19(27(25,26)12-21-11-8-18-15(21)22(23)24)13-2-4-14(5-3-13)20(9-6-16)10-7-17;15-5-8-19(9-6-16)13-3-1-12(2-4-13)18-26(24,25)11-20-10-7-17-14(20)21(22)23/h2-5,8,11H,6-7,9-10,12H2,1H3;1-4,7,10,18H,5-6,8-9,11H2. The van der Waals surface area contributed by atoms with Crippen LogP contribution in [0.1, 0.15) is 0 Å². The van der Waals surface area contributed by atoms with E-state index in [0.29, 0.717) is 61.1 Å². The molecule has 0 unspecified atom stereocenters. The molecule has 0 atom stereocenters. The number of nitrogens with zero attached hydrogens (tertiary/aromatic N) is 9. The van der Waals surface area contributed by atoms with Gasteiger partial charge in [-0.15, -0.1) is 46.4 Å². The Kier molecular flexibility index (Phi) is 16.7. The fraction of sp³-hybridized carbons (Fsp3) is 0.379. The van der Waals surface area contributed by atoms with Crippen molar-refractivity contribution < 1.29 is 26.7 Å². The van der Waals surface area contributed by atoms with Crippen LogP contribution < -0.4 is 18.8 Å². The summed E-state index contributed by atoms with van der Waals surface area (Å²) < 4.78 is 55.1. The molecule has 4 rings (SSSR count). The van der Waals surface area contributed by atoms with E-state index in [2.05, 4.69) is 14.7 Å². The molecule has 0 saturated carbocycles. The van der Waals surface area contributed by atoms with E-state index < -0.39 is 53.5 Å². The number of sulfonamides is 2. The highest BCUT2D eigenvalue weighted by Crippen LogP contribution is 2.24. The zero-order valence-electron chi connectivity index (χ0n) is 28.1. The van der Waals surface area contributed by atoms with E-state index >= 15 is 0 Å². The lowest BCUT2D eigenvalue weighted by molar-refractivity contribution is -0.396. The minimum absolute atomic E-state index is 0.341. The quantitative estimate of drug-likeness (QED) is 0.0709. The van der Waals surface area contributed by atoms with Gasteiger partial charge >= 0.3 is 11.9 Å². The topological polar surface area (TPSA) is 212 Å². The van der Waals surface area contributed by atoms with Crippen LogP contribution in [0.4, 0.5) is 34.6 Å². The molecule has 0 aliphatic rings. The van der Waals surface area contributed by atoms with Gasteiger partial charge in [-0.05, 0) is 58.4 Å². The fourth-order valence-electron chi connectivity index (χ4n) is 4.73. The third-order valence-corrected chi connectivity index (χ3v) is 10.7. The maximum Gasteiger partial charge on any atom is 0.435 e. The molecule has 18 nitrogen and oxygen atoms in total. The zero-order valence-corrected chi connectivity index (χ0v) is 32.8. The Bertz CT molecular complexity index is 1990. The SMILES string of the molecule is CN(c1ccc(N(CCCl)CCCl)cc1)S(=O)(=O)Cn1ccnc1[N+](=O)[O-].O=[N+]([O-])c1nccn1CS(=O)(=O)Nc1ccc(N(CCCl)CCCl)cc1. The van der Waals surface area contributed by atoms with Crippen molar-refractivity contribution in [3.8, 4) is 0 Å². The van der Waals surface area contributed by atoms with Gasteiger partial charge < -0.3 is 30.0 Å². The number of imidazole rings is 2. The highest BCUT2D eigenvalue weighted by Gasteiger charge is 2.26. The van der Waals surface area contributed by atoms with Crippen molar-refractivity contribution in [2.45, 2.75) is 11.8 Å². The van der Waals surface area contributed by atoms with Gasteiger partial charge in [0.25, 0.3) is 20.0 Å². The van der Waals surface area contributed by atoms with E-state index in [1.165, 1.54) is 31.8 Å². The van der Waals surface area contributed by atoms with Gasteiger partial charge in [-0.2, -0.15) is 0 Å². The number of halogens is 4. The summed E-state index contributed by atoms with van der Waals surface area (Å²) in [6.45, 7) is 2.46. The highest BCUT2D eigenvalue weighted by atomic mass is 35.5. The first-order valence-electron chi connectivity index (χ1n) is 15.4. The number of nitrogens with one attached hydrogen (secondary N) is 1. The van der Waals surface area contributed by atoms with Gasteiger partial charge in [0.15, 0.2) is 11.8 Å². The highest BCUT2D eigenvalue weighted by molar-refractivity contribution is 7.92. The Morgan fingerprint density at radius 1 is 0.660 bits per heavy atom. The van der Waals surface area contributed by atoms with Crippen molar-refractivity contribution in [3.05, 3.63) is 93.5 Å². The number of hydrogen-bond donors (Lipinski definition) is 1. The molecule has 24 heteroatoms. The van der Waals surface area contributed by atoms with Gasteiger partial charge in [0.1, 0.15) is 24.8 Å². The van der Waals surface area contributed by atoms with Crippen LogP contribution in [-0.2, 0) is 31.8 Å². The summed E-state index contributed by atoms with van der Waals surface area (Å²) in [4.78, 5) is 31.3. The van der Waals surface area contributed by atoms with Crippen molar-refractivity contribution >= 4 is 101 Å². The minimum atomic E-state index is -3.85. The molecule has 0 radical (unpaired) electrons. The van der Waals surface area contributed by atoms with E-state index in [1.54, 1.807) is 48.5 Å². The van der Waals surface area contributed by atoms with Crippen LogP contribution in [0.3, 0.4) is 0 Å². The Labute approximate surface area is 326 Å². The second-order valence-electron chi connectivity index (χ2n) is 10.8. The Balaban J connectivity index is 0.000000286. The normalized spacial score (nSPS) is 11.3. The first-order chi connectivity index (χ1) is 25.2. The molecule has 4 aromatic rings. The fourth-order valence-corrected chi connectivity index (χ4v) is 7.84. The summed E-state index contributed by atoms with van der Waals surface area (Å²) in [5.41, 5.74) is 2.50. The summed E-state index contributed by atoms with van der Waals surface area (Å²) in [7, 11) is -6.31. The first kappa shape index (κ1) is 43.3. The van der Waals surface area contributed by atoms with Crippen LogP contribution >= 0.6 is 46.4 Å². The van der Waals surface area contributed by atoms with Gasteiger partial charge in [-0.1, -0.05) is 9.97 Å². The third kappa shape index (κ3) is 12.8. The molecule has 0 fully saturated rings. The second kappa shape index (κ2) is 20.4. The Morgan fingerprint density at radius 3 is 1.43 bits per heavy atom. The van der Waals surface area contributed by atoms with E-state index in [1.807, 2.05) is 9.80 Å². The molecule has 0 aliphatic carbocycles. The van der Waals surface area contributed by atoms with E-state index in [0.717, 1.165) is 24.8 Å². The van der Waals surface area contributed by atoms with Gasteiger partial charge in [0.2, 0.25) is 0 Å². The number of benzene rings is 2. The molecule has 53 heavy (non-hydrogen) atoms. The number of hydrogen-bond acceptors (Lipinski definition) is 12. The van der Waals surface area contributed by atoms with E-state index in [9.17, 15) is 37.1 Å². The van der Waals surface area contributed by atoms with Crippen LogP contribution in [-0.4, -0.2) is 103 Å². The van der Waals surface area contributed by atoms with Crippen molar-refractivity contribution in [1.29, 1.82) is 0 Å². The monoisotopic (exact) mass is 856 g/mol. The van der Waals surface area contributed by atoms with E-state index in [-0.39, 0.29) is 0 Å². The predicted octanol–water partition coefficient (Wildman–Crippen LogP) is 4.97. The van der Waals surface area contributed by atoms with Crippen LogP contribution in [0.2, 0.25) is 0 Å². The molecule has 2 aromatic heterocycles. The average Bonchev–Trinajstić information content (AvgIpc) is 3.77. The summed E-state index contributed by atoms with van der Waals surface area (Å²) >= 11 is 23.1. The summed E-state index contributed by atoms with van der Waals surface area (Å²) in [6.07, 6.45) is 4.84. The van der Waals surface area contributed by atoms with Crippen molar-refractivity contribution in [2.24, 2.45) is 0 Å². The van der Waals surface area contributed by atoms with Crippen molar-refractivity contribution in [3.63, 3.8) is 0 Å². The molecule has 2 aromatic carbocycles. The molecule has 0 aliphatic heterocycles. The predicted molar refractivity (Wildman–Crippen MR) is 208 cm³/mol. The number of rotatable bonds is 20. The number of aromatic nitrogens is 4. The van der Waals surface area contributed by atoms with Crippen LogP contribution in [0, 0.1) is 20.2 Å². The molecular formula is C29H36Cl4N10O8S2. The lowest BCUT2D eigenvalue weighted by Crippen LogP contribution is -2.30. The van der Waals surface area contributed by atoms with Crippen molar-refractivity contribution in [2.75, 3.05) is 75.6 Å². The lowest BCUT2D eigenvalue weighted by atomic mass is 10.2. The van der Waals surface area contributed by atoms with Gasteiger partial charge in [-0.3, -0.25) is 9.03 Å². The zero-order chi connectivity index (χ0) is 39.2. The maximum absolute atomic E-state index is 12.6. The molecule has 0 bridgehead atoms. The molecule has 290 valence electrons. The molecule has 2 heterocycles. The molecular weight excluding hydrogens is 822 g/mol. The largest absolute Gasteiger partial charge is 0.435 e. The summed E-state index contributed by atoms with van der Waals surface area (Å²) in [5, 5.41) is 21.7. The molecule has 0 saturated heterocycles. The minimum Gasteiger partial charge on any atom is -0.390 e. The van der Waals surface area contributed by atoms with Crippen LogP contribution in [0.25, 0.3) is 0 Å². The van der Waals surface area contributed by atoms with Crippen LogP contribution in [0.15, 0.2) is 73.3 Å². The first-order valence-corrected chi connectivity index (χ1v) is 20.8. The second-order valence-corrected chi connectivity index (χ2v) is 15.9. The van der Waals surface area contributed by atoms with Gasteiger partial charge in [-0.25, -0.2) is 26.0 Å². The van der Waals surface area contributed by atoms with Crippen LogP contribution in [0.5, 0.6) is 0 Å². The Hall–Kier alpha value is -4.08. The molecule has 0 amide bonds. The third-order valence-electron chi connectivity index (χ3n) is 7.24. The number of anilines is 4.